The average Bonchev–Trinajstić information content (AvgIpc) is 3.72. The first kappa shape index (κ1) is 28.2. The summed E-state index contributed by atoms with van der Waals surface area (Å²) < 4.78 is 4.61. The van der Waals surface area contributed by atoms with Gasteiger partial charge in [0.05, 0.1) is 22.1 Å². The quantitative estimate of drug-likeness (QED) is 0.188. The Morgan fingerprint density at radius 3 is 1.44 bits per heavy atom. The number of hydrogen-bond donors (Lipinski definition) is 0. The zero-order valence-electron chi connectivity index (χ0n) is 27.0. The van der Waals surface area contributed by atoms with Crippen molar-refractivity contribution in [2.24, 2.45) is 0 Å². The molecule has 0 saturated heterocycles. The van der Waals surface area contributed by atoms with Gasteiger partial charge in [0, 0.05) is 38.4 Å². The molecule has 10 aromatic rings. The molecule has 0 saturated carbocycles. The lowest BCUT2D eigenvalue weighted by atomic mass is 10.1. The van der Waals surface area contributed by atoms with E-state index in [1.54, 1.807) is 0 Å². The molecule has 7 aromatic carbocycles. The van der Waals surface area contributed by atoms with Crippen molar-refractivity contribution in [1.29, 1.82) is 0 Å². The van der Waals surface area contributed by atoms with Crippen LogP contribution in [0.2, 0.25) is 0 Å². The second kappa shape index (κ2) is 11.4. The highest BCUT2D eigenvalue weighted by molar-refractivity contribution is 6.26. The lowest BCUT2D eigenvalue weighted by Gasteiger charge is -2.12. The Balaban J connectivity index is 1.29. The number of fused-ring (bicyclic) bond motifs is 7. The van der Waals surface area contributed by atoms with E-state index < -0.39 is 0 Å². The summed E-state index contributed by atoms with van der Waals surface area (Å²) in [5.41, 5.74) is 9.76. The van der Waals surface area contributed by atoms with E-state index in [9.17, 15) is 0 Å². The molecule has 0 radical (unpaired) electrons. The lowest BCUT2D eigenvalue weighted by Crippen LogP contribution is -2.06. The van der Waals surface area contributed by atoms with E-state index in [-0.39, 0.29) is 0 Å². The average molecular weight is 640 g/mol. The predicted octanol–water partition coefficient (Wildman–Crippen LogP) is 11.1. The standard InChI is InChI=1S/C45H29N5/c1-4-14-30(15-5-1)31-24-26-34(27-25-31)49-39-23-13-11-21-37(39)41-40(49)29-28-36-35-20-10-12-22-38(35)50(42(36)41)45-47-43(32-16-6-2-7-17-32)46-44(48-45)33-18-8-3-9-19-33/h1-29H. The molecule has 50 heavy (non-hydrogen) atoms. The molecular weight excluding hydrogens is 611 g/mol. The van der Waals surface area contributed by atoms with Crippen LogP contribution in [-0.2, 0) is 0 Å². The van der Waals surface area contributed by atoms with Crippen molar-refractivity contribution in [3.05, 3.63) is 176 Å². The summed E-state index contributed by atoms with van der Waals surface area (Å²) in [6.45, 7) is 0. The Kier molecular flexibility index (Phi) is 6.42. The predicted molar refractivity (Wildman–Crippen MR) is 205 cm³/mol. The Bertz CT molecular complexity index is 2780. The minimum Gasteiger partial charge on any atom is -0.309 e. The van der Waals surface area contributed by atoms with Gasteiger partial charge in [-0.3, -0.25) is 4.57 Å². The molecule has 234 valence electrons. The van der Waals surface area contributed by atoms with Crippen molar-refractivity contribution in [1.82, 2.24) is 24.1 Å². The van der Waals surface area contributed by atoms with Crippen LogP contribution in [0.3, 0.4) is 0 Å². The van der Waals surface area contributed by atoms with E-state index >= 15 is 0 Å². The Labute approximate surface area is 288 Å². The molecule has 0 fully saturated rings. The highest BCUT2D eigenvalue weighted by Gasteiger charge is 2.23. The van der Waals surface area contributed by atoms with Crippen LogP contribution < -0.4 is 0 Å². The molecule has 0 aliphatic rings. The van der Waals surface area contributed by atoms with Crippen LogP contribution in [0.25, 0.3) is 89.2 Å². The number of nitrogens with zero attached hydrogens (tertiary/aromatic N) is 5. The Morgan fingerprint density at radius 2 is 0.820 bits per heavy atom. The molecule has 3 aromatic heterocycles. The molecule has 5 nitrogen and oxygen atoms in total. The van der Waals surface area contributed by atoms with Crippen LogP contribution in [-0.4, -0.2) is 24.1 Å². The second-order valence-corrected chi connectivity index (χ2v) is 12.5. The van der Waals surface area contributed by atoms with Crippen molar-refractivity contribution in [3.63, 3.8) is 0 Å². The molecule has 3 heterocycles. The van der Waals surface area contributed by atoms with Gasteiger partial charge < -0.3 is 4.57 Å². The van der Waals surface area contributed by atoms with Crippen molar-refractivity contribution >= 4 is 43.6 Å². The molecule has 0 aliphatic carbocycles. The fourth-order valence-electron chi connectivity index (χ4n) is 7.33. The van der Waals surface area contributed by atoms with Crippen molar-refractivity contribution < 1.29 is 0 Å². The topological polar surface area (TPSA) is 48.5 Å². The highest BCUT2D eigenvalue weighted by Crippen LogP contribution is 2.42. The van der Waals surface area contributed by atoms with Crippen LogP contribution in [0, 0.1) is 0 Å². The summed E-state index contributed by atoms with van der Waals surface area (Å²) >= 11 is 0. The van der Waals surface area contributed by atoms with E-state index in [1.807, 2.05) is 36.4 Å². The first-order valence-electron chi connectivity index (χ1n) is 16.8. The summed E-state index contributed by atoms with van der Waals surface area (Å²) in [4.78, 5) is 15.4. The van der Waals surface area contributed by atoms with Gasteiger partial charge in [-0.25, -0.2) is 4.98 Å². The molecule has 10 rings (SSSR count). The Hall–Kier alpha value is -6.85. The normalized spacial score (nSPS) is 11.6. The fraction of sp³-hybridized carbons (Fsp3) is 0. The molecule has 0 aliphatic heterocycles. The number of hydrogen-bond acceptors (Lipinski definition) is 3. The first-order chi connectivity index (χ1) is 24.8. The van der Waals surface area contributed by atoms with E-state index in [0.29, 0.717) is 17.6 Å². The van der Waals surface area contributed by atoms with Gasteiger partial charge in [-0.15, -0.1) is 0 Å². The van der Waals surface area contributed by atoms with Gasteiger partial charge >= 0.3 is 0 Å². The van der Waals surface area contributed by atoms with Crippen LogP contribution in [0.4, 0.5) is 0 Å². The van der Waals surface area contributed by atoms with Crippen molar-refractivity contribution in [2.45, 2.75) is 0 Å². The minimum atomic E-state index is 0.584. The lowest BCUT2D eigenvalue weighted by molar-refractivity contribution is 0.955. The zero-order valence-corrected chi connectivity index (χ0v) is 27.0. The summed E-state index contributed by atoms with van der Waals surface area (Å²) in [6, 6.07) is 61.4. The second-order valence-electron chi connectivity index (χ2n) is 12.5. The van der Waals surface area contributed by atoms with Crippen LogP contribution in [0.1, 0.15) is 0 Å². The van der Waals surface area contributed by atoms with Gasteiger partial charge in [-0.05, 0) is 41.5 Å². The van der Waals surface area contributed by atoms with Gasteiger partial charge in [-0.2, -0.15) is 9.97 Å². The SMILES string of the molecule is c1ccc(-c2ccc(-n3c4ccccc4c4c3ccc3c5ccccc5n(-c5nc(-c6ccccc6)nc(-c6ccccc6)n5)c34)cc2)cc1. The van der Waals surface area contributed by atoms with Gasteiger partial charge in [-0.1, -0.05) is 146 Å². The largest absolute Gasteiger partial charge is 0.309 e. The van der Waals surface area contributed by atoms with Gasteiger partial charge in [0.25, 0.3) is 0 Å². The summed E-state index contributed by atoms with van der Waals surface area (Å²) in [7, 11) is 0. The van der Waals surface area contributed by atoms with E-state index in [4.69, 9.17) is 15.0 Å². The molecule has 0 bridgehead atoms. The molecular formula is C45H29N5. The summed E-state index contributed by atoms with van der Waals surface area (Å²) in [6.07, 6.45) is 0. The van der Waals surface area contributed by atoms with Crippen molar-refractivity contribution in [2.75, 3.05) is 0 Å². The summed E-state index contributed by atoms with van der Waals surface area (Å²) in [5.74, 6) is 1.85. The van der Waals surface area contributed by atoms with Crippen LogP contribution >= 0.6 is 0 Å². The molecule has 0 atom stereocenters. The number of aromatic nitrogens is 5. The smallest absolute Gasteiger partial charge is 0.238 e. The van der Waals surface area contributed by atoms with Crippen LogP contribution in [0.15, 0.2) is 176 Å². The van der Waals surface area contributed by atoms with Gasteiger partial charge in [0.1, 0.15) is 0 Å². The maximum atomic E-state index is 5.20. The van der Waals surface area contributed by atoms with Crippen LogP contribution in [0.5, 0.6) is 0 Å². The number of benzene rings is 7. The van der Waals surface area contributed by atoms with E-state index in [1.165, 1.54) is 16.5 Å². The monoisotopic (exact) mass is 639 g/mol. The maximum absolute atomic E-state index is 5.20. The first-order valence-corrected chi connectivity index (χ1v) is 16.8. The van der Waals surface area contributed by atoms with E-state index in [2.05, 4.69) is 149 Å². The van der Waals surface area contributed by atoms with E-state index in [0.717, 1.165) is 55.0 Å². The fourth-order valence-corrected chi connectivity index (χ4v) is 7.33. The highest BCUT2D eigenvalue weighted by atomic mass is 15.2. The molecule has 5 heteroatoms. The van der Waals surface area contributed by atoms with Crippen molar-refractivity contribution in [3.8, 4) is 45.5 Å². The molecule has 0 amide bonds. The molecule has 0 spiro atoms. The molecule has 0 N–H and O–H groups in total. The molecule has 0 unspecified atom stereocenters. The van der Waals surface area contributed by atoms with Gasteiger partial charge in [0.15, 0.2) is 11.6 Å². The number of rotatable bonds is 5. The minimum absolute atomic E-state index is 0.584. The summed E-state index contributed by atoms with van der Waals surface area (Å²) in [5, 5.41) is 4.63. The number of para-hydroxylation sites is 2. The Morgan fingerprint density at radius 1 is 0.320 bits per heavy atom. The maximum Gasteiger partial charge on any atom is 0.238 e. The third kappa shape index (κ3) is 4.45. The third-order valence-corrected chi connectivity index (χ3v) is 9.59. The zero-order chi connectivity index (χ0) is 33.0. The van der Waals surface area contributed by atoms with Gasteiger partial charge in [0.2, 0.25) is 5.95 Å². The third-order valence-electron chi connectivity index (χ3n) is 9.59.